The van der Waals surface area contributed by atoms with Crippen molar-refractivity contribution < 1.29 is 9.53 Å². The van der Waals surface area contributed by atoms with Crippen molar-refractivity contribution in [2.24, 2.45) is 0 Å². The van der Waals surface area contributed by atoms with E-state index in [-0.39, 0.29) is 5.91 Å². The molecular weight excluding hydrogens is 326 g/mol. The van der Waals surface area contributed by atoms with Crippen molar-refractivity contribution in [3.05, 3.63) is 72.3 Å². The Labute approximate surface area is 153 Å². The first-order valence-corrected chi connectivity index (χ1v) is 8.75. The fourth-order valence-electron chi connectivity index (χ4n) is 2.84. The lowest BCUT2D eigenvalue weighted by molar-refractivity contribution is 0.0916. The second-order valence-corrected chi connectivity index (χ2v) is 5.96. The SMILES string of the molecule is CCOCCNC(=O)c1cncn1-c1ccc(-c2ccccc2C)cc1. The highest BCUT2D eigenvalue weighted by molar-refractivity contribution is 5.93. The molecule has 0 radical (unpaired) electrons. The number of benzene rings is 2. The van der Waals surface area contributed by atoms with Gasteiger partial charge in [0.2, 0.25) is 0 Å². The van der Waals surface area contributed by atoms with Crippen LogP contribution >= 0.6 is 0 Å². The molecule has 1 N–H and O–H groups in total. The molecule has 0 atom stereocenters. The predicted octanol–water partition coefficient (Wildman–Crippen LogP) is 3.61. The number of nitrogens with zero attached hydrogens (tertiary/aromatic N) is 2. The van der Waals surface area contributed by atoms with E-state index in [9.17, 15) is 4.79 Å². The Morgan fingerprint density at radius 2 is 1.92 bits per heavy atom. The highest BCUT2D eigenvalue weighted by atomic mass is 16.5. The summed E-state index contributed by atoms with van der Waals surface area (Å²) in [6.07, 6.45) is 3.23. The third-order valence-corrected chi connectivity index (χ3v) is 4.21. The Hall–Kier alpha value is -2.92. The molecule has 26 heavy (non-hydrogen) atoms. The molecular formula is C21H23N3O2. The summed E-state index contributed by atoms with van der Waals surface area (Å²) in [6, 6.07) is 16.4. The van der Waals surface area contributed by atoms with Crippen LogP contribution in [-0.2, 0) is 4.74 Å². The van der Waals surface area contributed by atoms with E-state index in [1.54, 1.807) is 17.1 Å². The lowest BCUT2D eigenvalue weighted by Gasteiger charge is -2.11. The van der Waals surface area contributed by atoms with Crippen molar-refractivity contribution >= 4 is 5.91 Å². The number of carbonyl (C=O) groups is 1. The minimum absolute atomic E-state index is 0.162. The van der Waals surface area contributed by atoms with Gasteiger partial charge in [0, 0.05) is 18.8 Å². The Bertz CT molecular complexity index is 869. The van der Waals surface area contributed by atoms with Crippen LogP contribution in [-0.4, -0.2) is 35.2 Å². The zero-order valence-electron chi connectivity index (χ0n) is 15.1. The topological polar surface area (TPSA) is 56.1 Å². The molecule has 0 saturated heterocycles. The number of carbonyl (C=O) groups excluding carboxylic acids is 1. The second-order valence-electron chi connectivity index (χ2n) is 5.96. The van der Waals surface area contributed by atoms with Gasteiger partial charge in [0.25, 0.3) is 5.91 Å². The van der Waals surface area contributed by atoms with Gasteiger partial charge >= 0.3 is 0 Å². The van der Waals surface area contributed by atoms with Crippen LogP contribution in [0.3, 0.4) is 0 Å². The summed E-state index contributed by atoms with van der Waals surface area (Å²) < 4.78 is 7.03. The van der Waals surface area contributed by atoms with Gasteiger partial charge in [0.15, 0.2) is 0 Å². The number of nitrogens with one attached hydrogen (secondary N) is 1. The normalized spacial score (nSPS) is 10.7. The first-order chi connectivity index (χ1) is 12.7. The highest BCUT2D eigenvalue weighted by Gasteiger charge is 2.12. The maximum atomic E-state index is 12.4. The summed E-state index contributed by atoms with van der Waals surface area (Å²) in [5.74, 6) is -0.162. The van der Waals surface area contributed by atoms with Crippen LogP contribution in [0.1, 0.15) is 23.0 Å². The summed E-state index contributed by atoms with van der Waals surface area (Å²) in [4.78, 5) is 16.5. The predicted molar refractivity (Wildman–Crippen MR) is 103 cm³/mol. The van der Waals surface area contributed by atoms with Crippen molar-refractivity contribution in [1.82, 2.24) is 14.9 Å². The molecule has 3 aromatic rings. The van der Waals surface area contributed by atoms with Gasteiger partial charge in [-0.05, 0) is 42.7 Å². The number of rotatable bonds is 7. The van der Waals surface area contributed by atoms with E-state index in [1.165, 1.54) is 11.1 Å². The quantitative estimate of drug-likeness (QED) is 0.663. The van der Waals surface area contributed by atoms with Gasteiger partial charge in [0.1, 0.15) is 5.69 Å². The van der Waals surface area contributed by atoms with Gasteiger partial charge in [-0.1, -0.05) is 36.4 Å². The number of aromatic nitrogens is 2. The lowest BCUT2D eigenvalue weighted by atomic mass is 10.0. The highest BCUT2D eigenvalue weighted by Crippen LogP contribution is 2.24. The van der Waals surface area contributed by atoms with Crippen molar-refractivity contribution in [3.8, 4) is 16.8 Å². The molecule has 134 valence electrons. The molecule has 0 unspecified atom stereocenters. The second kappa shape index (κ2) is 8.45. The zero-order chi connectivity index (χ0) is 18.4. The van der Waals surface area contributed by atoms with Crippen LogP contribution in [0.4, 0.5) is 0 Å². The smallest absolute Gasteiger partial charge is 0.270 e. The molecule has 1 amide bonds. The Kier molecular flexibility index (Phi) is 5.81. The van der Waals surface area contributed by atoms with E-state index in [0.29, 0.717) is 25.5 Å². The monoisotopic (exact) mass is 349 g/mol. The molecule has 0 bridgehead atoms. The maximum Gasteiger partial charge on any atom is 0.270 e. The summed E-state index contributed by atoms with van der Waals surface area (Å²) in [5.41, 5.74) is 4.99. The Morgan fingerprint density at radius 1 is 1.15 bits per heavy atom. The van der Waals surface area contributed by atoms with E-state index in [2.05, 4.69) is 41.5 Å². The van der Waals surface area contributed by atoms with Crippen molar-refractivity contribution in [1.29, 1.82) is 0 Å². The third kappa shape index (κ3) is 4.00. The summed E-state index contributed by atoms with van der Waals surface area (Å²) in [6.45, 7) is 5.65. The van der Waals surface area contributed by atoms with E-state index in [1.807, 2.05) is 31.2 Å². The summed E-state index contributed by atoms with van der Waals surface area (Å²) in [5, 5.41) is 2.85. The average molecular weight is 349 g/mol. The minimum atomic E-state index is -0.162. The number of amides is 1. The Morgan fingerprint density at radius 3 is 2.65 bits per heavy atom. The summed E-state index contributed by atoms with van der Waals surface area (Å²) in [7, 11) is 0. The first kappa shape index (κ1) is 17.9. The van der Waals surface area contributed by atoms with Crippen LogP contribution in [0.5, 0.6) is 0 Å². The number of hydrogen-bond donors (Lipinski definition) is 1. The largest absolute Gasteiger partial charge is 0.380 e. The van der Waals surface area contributed by atoms with Gasteiger partial charge < -0.3 is 10.1 Å². The minimum Gasteiger partial charge on any atom is -0.380 e. The van der Waals surface area contributed by atoms with Crippen LogP contribution in [0.15, 0.2) is 61.1 Å². The molecule has 5 heteroatoms. The van der Waals surface area contributed by atoms with Crippen LogP contribution in [0.2, 0.25) is 0 Å². The third-order valence-electron chi connectivity index (χ3n) is 4.21. The van der Waals surface area contributed by atoms with Crippen LogP contribution < -0.4 is 5.32 Å². The van der Waals surface area contributed by atoms with E-state index < -0.39 is 0 Å². The van der Waals surface area contributed by atoms with E-state index >= 15 is 0 Å². The molecule has 0 spiro atoms. The number of imidazole rings is 1. The zero-order valence-corrected chi connectivity index (χ0v) is 15.1. The van der Waals surface area contributed by atoms with Crippen molar-refractivity contribution in [2.75, 3.05) is 19.8 Å². The standard InChI is InChI=1S/C21H23N3O2/c1-3-26-13-12-23-21(25)20-14-22-15-24(20)18-10-8-17(9-11-18)19-7-5-4-6-16(19)2/h4-11,14-15H,3,12-13H2,1-2H3,(H,23,25). The van der Waals surface area contributed by atoms with E-state index in [4.69, 9.17) is 4.74 Å². The molecule has 0 aliphatic rings. The molecule has 0 aliphatic carbocycles. The van der Waals surface area contributed by atoms with Gasteiger partial charge in [-0.15, -0.1) is 0 Å². The molecule has 5 nitrogen and oxygen atoms in total. The number of hydrogen-bond acceptors (Lipinski definition) is 3. The van der Waals surface area contributed by atoms with Gasteiger partial charge in [0.05, 0.1) is 19.1 Å². The van der Waals surface area contributed by atoms with Crippen LogP contribution in [0.25, 0.3) is 16.8 Å². The fraction of sp³-hybridized carbons (Fsp3) is 0.238. The molecule has 2 aromatic carbocycles. The van der Waals surface area contributed by atoms with Gasteiger partial charge in [-0.2, -0.15) is 0 Å². The molecule has 1 heterocycles. The molecule has 1 aromatic heterocycles. The van der Waals surface area contributed by atoms with Crippen molar-refractivity contribution in [3.63, 3.8) is 0 Å². The molecule has 0 fully saturated rings. The number of aryl methyl sites for hydroxylation is 1. The summed E-state index contributed by atoms with van der Waals surface area (Å²) >= 11 is 0. The lowest BCUT2D eigenvalue weighted by Crippen LogP contribution is -2.28. The average Bonchev–Trinajstić information content (AvgIpc) is 3.16. The van der Waals surface area contributed by atoms with Gasteiger partial charge in [-0.25, -0.2) is 4.98 Å². The Balaban J connectivity index is 1.77. The first-order valence-electron chi connectivity index (χ1n) is 8.75. The molecule has 0 saturated carbocycles. The molecule has 0 aliphatic heterocycles. The van der Waals surface area contributed by atoms with Crippen molar-refractivity contribution in [2.45, 2.75) is 13.8 Å². The van der Waals surface area contributed by atoms with Gasteiger partial charge in [-0.3, -0.25) is 9.36 Å². The fourth-order valence-corrected chi connectivity index (χ4v) is 2.84. The molecule has 3 rings (SSSR count). The maximum absolute atomic E-state index is 12.4. The van der Waals surface area contributed by atoms with E-state index in [0.717, 1.165) is 11.3 Å². The van der Waals surface area contributed by atoms with Crippen LogP contribution in [0, 0.1) is 6.92 Å². The number of ether oxygens (including phenoxy) is 1.